The van der Waals surface area contributed by atoms with E-state index < -0.39 is 0 Å². The van der Waals surface area contributed by atoms with Crippen molar-refractivity contribution in [3.63, 3.8) is 0 Å². The van der Waals surface area contributed by atoms with E-state index >= 15 is 0 Å². The quantitative estimate of drug-likeness (QED) is 0.570. The highest BCUT2D eigenvalue weighted by Crippen LogP contribution is 2.34. The molecule has 0 spiro atoms. The summed E-state index contributed by atoms with van der Waals surface area (Å²) in [7, 11) is 0. The maximum absolute atomic E-state index is 11.1. The lowest BCUT2D eigenvalue weighted by molar-refractivity contribution is -0.114. The first-order valence-electron chi connectivity index (χ1n) is 5.58. The van der Waals surface area contributed by atoms with Crippen LogP contribution in [0.5, 0.6) is 0 Å². The molecule has 1 aromatic carbocycles. The average molecular weight is 240 g/mol. The molecule has 5 nitrogen and oxygen atoms in total. The predicted molar refractivity (Wildman–Crippen MR) is 72.3 cm³/mol. The third-order valence-electron chi connectivity index (χ3n) is 2.92. The molecule has 0 aliphatic heterocycles. The summed E-state index contributed by atoms with van der Waals surface area (Å²) in [5.74, 6) is -0.137. The molecule has 0 saturated carbocycles. The van der Waals surface area contributed by atoms with E-state index in [4.69, 9.17) is 5.73 Å². The molecular weight excluding hydrogens is 228 g/mol. The van der Waals surface area contributed by atoms with Crippen molar-refractivity contribution < 1.29 is 4.79 Å². The van der Waals surface area contributed by atoms with Gasteiger partial charge in [0.05, 0.1) is 23.1 Å². The second kappa shape index (κ2) is 3.73. The molecule has 5 heteroatoms. The van der Waals surface area contributed by atoms with E-state index in [1.165, 1.54) is 6.92 Å². The lowest BCUT2D eigenvalue weighted by atomic mass is 10.1. The Labute approximate surface area is 103 Å². The van der Waals surface area contributed by atoms with Gasteiger partial charge >= 0.3 is 0 Å². The van der Waals surface area contributed by atoms with Crippen molar-refractivity contribution in [2.45, 2.75) is 6.92 Å². The van der Waals surface area contributed by atoms with Gasteiger partial charge in [0.2, 0.25) is 5.91 Å². The zero-order valence-electron chi connectivity index (χ0n) is 9.82. The number of aromatic amines is 1. The Bertz CT molecular complexity index is 760. The first-order valence-corrected chi connectivity index (χ1v) is 5.58. The SMILES string of the molecule is CC(=O)Nc1ccc2[nH]c3cnccc3c2c1N. The van der Waals surface area contributed by atoms with E-state index in [1.54, 1.807) is 18.5 Å². The Kier molecular flexibility index (Phi) is 2.19. The molecule has 0 atom stereocenters. The van der Waals surface area contributed by atoms with Crippen LogP contribution in [0.3, 0.4) is 0 Å². The fourth-order valence-electron chi connectivity index (χ4n) is 2.17. The minimum atomic E-state index is -0.137. The number of fused-ring (bicyclic) bond motifs is 3. The maximum Gasteiger partial charge on any atom is 0.221 e. The number of rotatable bonds is 1. The lowest BCUT2D eigenvalue weighted by Gasteiger charge is -2.07. The van der Waals surface area contributed by atoms with Gasteiger partial charge in [-0.05, 0) is 18.2 Å². The molecule has 3 rings (SSSR count). The topological polar surface area (TPSA) is 83.8 Å². The van der Waals surface area contributed by atoms with Crippen LogP contribution in [0.4, 0.5) is 11.4 Å². The van der Waals surface area contributed by atoms with E-state index in [0.717, 1.165) is 21.8 Å². The van der Waals surface area contributed by atoms with E-state index in [1.807, 2.05) is 12.1 Å². The van der Waals surface area contributed by atoms with Gasteiger partial charge in [0.25, 0.3) is 0 Å². The summed E-state index contributed by atoms with van der Waals surface area (Å²) < 4.78 is 0. The number of nitrogen functional groups attached to an aromatic ring is 1. The van der Waals surface area contributed by atoms with Crippen LogP contribution >= 0.6 is 0 Å². The van der Waals surface area contributed by atoms with Crippen LogP contribution in [0.1, 0.15) is 6.92 Å². The van der Waals surface area contributed by atoms with Crippen LogP contribution in [-0.4, -0.2) is 15.9 Å². The highest BCUT2D eigenvalue weighted by Gasteiger charge is 2.11. The summed E-state index contributed by atoms with van der Waals surface area (Å²) in [5, 5.41) is 4.65. The third-order valence-corrected chi connectivity index (χ3v) is 2.92. The fraction of sp³-hybridized carbons (Fsp3) is 0.0769. The van der Waals surface area contributed by atoms with Crippen molar-refractivity contribution in [3.8, 4) is 0 Å². The van der Waals surface area contributed by atoms with Crippen LogP contribution in [0.25, 0.3) is 21.8 Å². The summed E-state index contributed by atoms with van der Waals surface area (Å²) in [6.07, 6.45) is 3.48. The predicted octanol–water partition coefficient (Wildman–Crippen LogP) is 2.26. The Morgan fingerprint density at radius 3 is 2.94 bits per heavy atom. The van der Waals surface area contributed by atoms with Gasteiger partial charge in [0.15, 0.2) is 0 Å². The summed E-state index contributed by atoms with van der Waals surface area (Å²) in [6, 6.07) is 5.60. The monoisotopic (exact) mass is 240 g/mol. The van der Waals surface area contributed by atoms with Crippen molar-refractivity contribution in [1.29, 1.82) is 0 Å². The molecule has 2 aromatic heterocycles. The summed E-state index contributed by atoms with van der Waals surface area (Å²) in [6.45, 7) is 1.46. The smallest absolute Gasteiger partial charge is 0.221 e. The molecule has 1 amide bonds. The molecular formula is C13H12N4O. The average Bonchev–Trinajstić information content (AvgIpc) is 2.71. The number of amides is 1. The first kappa shape index (κ1) is 10.6. The van der Waals surface area contributed by atoms with Gasteiger partial charge in [-0.2, -0.15) is 0 Å². The van der Waals surface area contributed by atoms with E-state index in [9.17, 15) is 4.79 Å². The molecule has 0 radical (unpaired) electrons. The number of benzene rings is 1. The summed E-state index contributed by atoms with van der Waals surface area (Å²) in [4.78, 5) is 18.4. The number of nitrogens with one attached hydrogen (secondary N) is 2. The number of hydrogen-bond acceptors (Lipinski definition) is 3. The number of aromatic nitrogens is 2. The number of carbonyl (C=O) groups is 1. The lowest BCUT2D eigenvalue weighted by Crippen LogP contribution is -2.07. The van der Waals surface area contributed by atoms with Gasteiger partial charge < -0.3 is 16.0 Å². The van der Waals surface area contributed by atoms with Crippen molar-refractivity contribution in [2.75, 3.05) is 11.1 Å². The van der Waals surface area contributed by atoms with Crippen LogP contribution in [0.2, 0.25) is 0 Å². The molecule has 0 saturated heterocycles. The van der Waals surface area contributed by atoms with E-state index in [2.05, 4.69) is 15.3 Å². The van der Waals surface area contributed by atoms with Crippen LogP contribution in [0, 0.1) is 0 Å². The minimum absolute atomic E-state index is 0.137. The molecule has 4 N–H and O–H groups in total. The molecule has 2 heterocycles. The van der Waals surface area contributed by atoms with Gasteiger partial charge in [0.1, 0.15) is 0 Å². The molecule has 0 bridgehead atoms. The second-order valence-electron chi connectivity index (χ2n) is 4.18. The standard InChI is InChI=1S/C13H12N4O/c1-7(18)16-10-3-2-9-12(13(10)14)8-4-5-15-6-11(8)17-9/h2-6,17H,14H2,1H3,(H,16,18). The van der Waals surface area contributed by atoms with Crippen molar-refractivity contribution in [3.05, 3.63) is 30.6 Å². The van der Waals surface area contributed by atoms with Gasteiger partial charge in [0, 0.05) is 29.4 Å². The molecule has 3 aromatic rings. The first-order chi connectivity index (χ1) is 8.66. The Hall–Kier alpha value is -2.56. The fourth-order valence-corrected chi connectivity index (χ4v) is 2.17. The molecule has 0 fully saturated rings. The number of nitrogens with zero attached hydrogens (tertiary/aromatic N) is 1. The number of anilines is 2. The van der Waals surface area contributed by atoms with Gasteiger partial charge in [-0.25, -0.2) is 0 Å². The second-order valence-corrected chi connectivity index (χ2v) is 4.18. The van der Waals surface area contributed by atoms with Crippen molar-refractivity contribution >= 4 is 39.1 Å². The van der Waals surface area contributed by atoms with E-state index in [-0.39, 0.29) is 5.91 Å². The number of carbonyl (C=O) groups excluding carboxylic acids is 1. The summed E-state index contributed by atoms with van der Waals surface area (Å²) >= 11 is 0. The molecule has 18 heavy (non-hydrogen) atoms. The van der Waals surface area contributed by atoms with Crippen molar-refractivity contribution in [1.82, 2.24) is 9.97 Å². The molecule has 90 valence electrons. The van der Waals surface area contributed by atoms with Gasteiger partial charge in [-0.1, -0.05) is 0 Å². The molecule has 0 aliphatic rings. The molecule has 0 aliphatic carbocycles. The number of nitrogens with two attached hydrogens (primary N) is 1. The number of H-pyrrole nitrogens is 1. The maximum atomic E-state index is 11.1. The highest BCUT2D eigenvalue weighted by atomic mass is 16.1. The Morgan fingerprint density at radius 2 is 2.17 bits per heavy atom. The normalized spacial score (nSPS) is 10.9. The Balaban J connectivity index is 2.35. The Morgan fingerprint density at radius 1 is 1.33 bits per heavy atom. The minimum Gasteiger partial charge on any atom is -0.396 e. The number of pyridine rings is 1. The highest BCUT2D eigenvalue weighted by molar-refractivity contribution is 6.16. The van der Waals surface area contributed by atoms with Crippen LogP contribution in [-0.2, 0) is 4.79 Å². The van der Waals surface area contributed by atoms with Gasteiger partial charge in [-0.15, -0.1) is 0 Å². The third kappa shape index (κ3) is 1.48. The molecule has 0 unspecified atom stereocenters. The van der Waals surface area contributed by atoms with Crippen LogP contribution in [0.15, 0.2) is 30.6 Å². The van der Waals surface area contributed by atoms with E-state index in [0.29, 0.717) is 11.4 Å². The van der Waals surface area contributed by atoms with Crippen LogP contribution < -0.4 is 11.1 Å². The number of hydrogen-bond donors (Lipinski definition) is 3. The largest absolute Gasteiger partial charge is 0.396 e. The zero-order valence-corrected chi connectivity index (χ0v) is 9.82. The summed E-state index contributed by atoms with van der Waals surface area (Å²) in [5.41, 5.74) is 9.19. The van der Waals surface area contributed by atoms with Crippen molar-refractivity contribution in [2.24, 2.45) is 0 Å². The zero-order chi connectivity index (χ0) is 12.7. The van der Waals surface area contributed by atoms with Gasteiger partial charge in [-0.3, -0.25) is 9.78 Å².